The average Bonchev–Trinajstić information content (AvgIpc) is 2.67. The van der Waals surface area contributed by atoms with Crippen LogP contribution in [0.5, 0.6) is 0 Å². The summed E-state index contributed by atoms with van der Waals surface area (Å²) in [5.74, 6) is 0.738. The van der Waals surface area contributed by atoms with E-state index in [1.165, 1.54) is 19.5 Å². The zero-order valence-electron chi connectivity index (χ0n) is 7.45. The molecule has 4 atom stereocenters. The van der Waals surface area contributed by atoms with Gasteiger partial charge in [0.15, 0.2) is 6.29 Å². The Balaban J connectivity index is 1.84. The second-order valence-electron chi connectivity index (χ2n) is 4.28. The van der Waals surface area contributed by atoms with Gasteiger partial charge in [0, 0.05) is 19.0 Å². The third-order valence-electron chi connectivity index (χ3n) is 3.47. The largest absolute Gasteiger partial charge is 0.350 e. The number of rotatable bonds is 0. The van der Waals surface area contributed by atoms with E-state index in [-0.39, 0.29) is 11.9 Å². The van der Waals surface area contributed by atoms with Crippen molar-refractivity contribution in [3.05, 3.63) is 0 Å². The second kappa shape index (κ2) is 2.22. The molecule has 2 bridgehead atoms. The van der Waals surface area contributed by atoms with Gasteiger partial charge in [-0.25, -0.2) is 0 Å². The summed E-state index contributed by atoms with van der Waals surface area (Å²) in [6.07, 6.45) is 1.32. The molecule has 3 saturated heterocycles. The van der Waals surface area contributed by atoms with E-state index in [1.54, 1.807) is 0 Å². The highest BCUT2D eigenvalue weighted by molar-refractivity contribution is 5.05. The molecule has 3 heteroatoms. The van der Waals surface area contributed by atoms with Gasteiger partial charge in [0.25, 0.3) is 0 Å². The molecule has 3 nitrogen and oxygen atoms in total. The topological polar surface area (TPSA) is 21.7 Å². The van der Waals surface area contributed by atoms with Gasteiger partial charge in [-0.3, -0.25) is 4.90 Å². The number of nitrogens with zero attached hydrogens (tertiary/aromatic N) is 1. The van der Waals surface area contributed by atoms with Crippen LogP contribution in [0.15, 0.2) is 0 Å². The minimum atomic E-state index is 0.0190. The van der Waals surface area contributed by atoms with Crippen LogP contribution in [0.25, 0.3) is 0 Å². The van der Waals surface area contributed by atoms with Crippen LogP contribution in [-0.4, -0.2) is 43.0 Å². The Kier molecular flexibility index (Phi) is 1.35. The van der Waals surface area contributed by atoms with Crippen molar-refractivity contribution < 1.29 is 9.47 Å². The molecule has 0 saturated carbocycles. The number of ether oxygens (including phenoxy) is 2. The highest BCUT2D eigenvalue weighted by atomic mass is 16.7. The third kappa shape index (κ3) is 0.817. The van der Waals surface area contributed by atoms with Crippen LogP contribution < -0.4 is 0 Å². The van der Waals surface area contributed by atoms with Gasteiger partial charge >= 0.3 is 0 Å². The van der Waals surface area contributed by atoms with Gasteiger partial charge in [-0.1, -0.05) is 0 Å². The van der Waals surface area contributed by atoms with Crippen molar-refractivity contribution in [2.75, 3.05) is 26.2 Å². The summed E-state index contributed by atoms with van der Waals surface area (Å²) in [6.45, 7) is 6.41. The van der Waals surface area contributed by atoms with Gasteiger partial charge in [0.05, 0.1) is 6.61 Å². The molecule has 0 amide bonds. The fourth-order valence-corrected chi connectivity index (χ4v) is 2.87. The minimum Gasteiger partial charge on any atom is -0.350 e. The van der Waals surface area contributed by atoms with E-state index in [4.69, 9.17) is 9.47 Å². The molecule has 1 unspecified atom stereocenters. The third-order valence-corrected chi connectivity index (χ3v) is 3.47. The summed E-state index contributed by atoms with van der Waals surface area (Å²) in [5.41, 5.74) is 0.0810. The molecule has 0 N–H and O–H groups in total. The molecule has 0 aromatic carbocycles. The second-order valence-corrected chi connectivity index (χ2v) is 4.28. The number of fused-ring (bicyclic) bond motifs is 3. The van der Waals surface area contributed by atoms with Crippen LogP contribution in [0.2, 0.25) is 0 Å². The maximum atomic E-state index is 5.88. The van der Waals surface area contributed by atoms with E-state index < -0.39 is 0 Å². The van der Waals surface area contributed by atoms with Crippen molar-refractivity contribution in [2.24, 2.45) is 5.92 Å². The molecule has 3 aliphatic heterocycles. The van der Waals surface area contributed by atoms with Crippen molar-refractivity contribution in [3.63, 3.8) is 0 Å². The first-order chi connectivity index (χ1) is 5.78. The van der Waals surface area contributed by atoms with Crippen molar-refractivity contribution in [1.82, 2.24) is 4.90 Å². The molecule has 0 aromatic heterocycles. The lowest BCUT2D eigenvalue weighted by Crippen LogP contribution is -2.44. The zero-order chi connectivity index (χ0) is 8.18. The number of hydrogen-bond acceptors (Lipinski definition) is 3. The Morgan fingerprint density at radius 1 is 1.50 bits per heavy atom. The zero-order valence-corrected chi connectivity index (χ0v) is 7.45. The lowest BCUT2D eigenvalue weighted by atomic mass is 9.88. The summed E-state index contributed by atoms with van der Waals surface area (Å²) in [5, 5.41) is 0. The van der Waals surface area contributed by atoms with Gasteiger partial charge in [-0.2, -0.15) is 0 Å². The van der Waals surface area contributed by atoms with E-state index in [1.807, 2.05) is 6.92 Å². The lowest BCUT2D eigenvalue weighted by molar-refractivity contribution is -0.0916. The quantitative estimate of drug-likeness (QED) is 0.525. The van der Waals surface area contributed by atoms with Crippen LogP contribution in [-0.2, 0) is 9.47 Å². The fraction of sp³-hybridized carbons (Fsp3) is 1.00. The molecule has 3 rings (SSSR count). The number of hydrogen-bond donors (Lipinski definition) is 0. The Bertz CT molecular complexity index is 205. The minimum absolute atomic E-state index is 0.0190. The van der Waals surface area contributed by atoms with E-state index in [0.717, 1.165) is 19.1 Å². The normalized spacial score (nSPS) is 57.2. The Morgan fingerprint density at radius 3 is 2.92 bits per heavy atom. The summed E-state index contributed by atoms with van der Waals surface area (Å²) in [6, 6.07) is 0. The van der Waals surface area contributed by atoms with Gasteiger partial charge in [0.1, 0.15) is 5.60 Å². The molecular weight excluding hydrogens is 154 g/mol. The summed E-state index contributed by atoms with van der Waals surface area (Å²) >= 11 is 0. The SMILES string of the molecule is C[C@H]1OC[C@@]2(CN3CC[C@@H]2C3)O1. The first-order valence-electron chi connectivity index (χ1n) is 4.80. The lowest BCUT2D eigenvalue weighted by Gasteiger charge is -2.31. The van der Waals surface area contributed by atoms with Crippen LogP contribution in [0.3, 0.4) is 0 Å². The van der Waals surface area contributed by atoms with Crippen molar-refractivity contribution in [2.45, 2.75) is 25.2 Å². The highest BCUT2D eigenvalue weighted by Gasteiger charge is 2.54. The fourth-order valence-electron chi connectivity index (χ4n) is 2.87. The Morgan fingerprint density at radius 2 is 2.42 bits per heavy atom. The standard InChI is InChI=1S/C9H15NO2/c1-7-11-6-9(12-7)5-10-3-2-8(9)4-10/h7-8H,2-6H2,1H3/t7-,8+,9+/m0/s1. The molecule has 3 fully saturated rings. The van der Waals surface area contributed by atoms with Crippen LogP contribution in [0.4, 0.5) is 0 Å². The molecule has 0 aromatic rings. The molecular formula is C9H15NO2. The Labute approximate surface area is 72.6 Å². The smallest absolute Gasteiger partial charge is 0.155 e. The van der Waals surface area contributed by atoms with Crippen molar-refractivity contribution in [3.8, 4) is 0 Å². The molecule has 68 valence electrons. The summed E-state index contributed by atoms with van der Waals surface area (Å²) in [4.78, 5) is 2.49. The predicted molar refractivity (Wildman–Crippen MR) is 43.8 cm³/mol. The first-order valence-corrected chi connectivity index (χ1v) is 4.80. The van der Waals surface area contributed by atoms with Crippen molar-refractivity contribution in [1.29, 1.82) is 0 Å². The molecule has 0 aliphatic carbocycles. The monoisotopic (exact) mass is 169 g/mol. The molecule has 3 heterocycles. The maximum absolute atomic E-state index is 5.88. The number of piperidine rings is 1. The molecule has 3 aliphatic rings. The molecule has 1 spiro atoms. The van der Waals surface area contributed by atoms with E-state index in [2.05, 4.69) is 4.90 Å². The average molecular weight is 169 g/mol. The van der Waals surface area contributed by atoms with Gasteiger partial charge in [-0.05, 0) is 19.9 Å². The van der Waals surface area contributed by atoms with Gasteiger partial charge in [0.2, 0.25) is 0 Å². The highest BCUT2D eigenvalue weighted by Crippen LogP contribution is 2.42. The van der Waals surface area contributed by atoms with Crippen molar-refractivity contribution >= 4 is 0 Å². The van der Waals surface area contributed by atoms with E-state index in [9.17, 15) is 0 Å². The molecule has 0 radical (unpaired) electrons. The first kappa shape index (κ1) is 7.30. The van der Waals surface area contributed by atoms with E-state index in [0.29, 0.717) is 0 Å². The van der Waals surface area contributed by atoms with Crippen LogP contribution in [0.1, 0.15) is 13.3 Å². The summed E-state index contributed by atoms with van der Waals surface area (Å²) < 4.78 is 11.4. The molecule has 12 heavy (non-hydrogen) atoms. The van der Waals surface area contributed by atoms with Crippen LogP contribution in [0, 0.1) is 5.92 Å². The maximum Gasteiger partial charge on any atom is 0.155 e. The Hall–Kier alpha value is -0.120. The van der Waals surface area contributed by atoms with Gasteiger partial charge in [-0.15, -0.1) is 0 Å². The predicted octanol–water partition coefficient (Wildman–Crippen LogP) is 0.453. The van der Waals surface area contributed by atoms with E-state index >= 15 is 0 Å². The van der Waals surface area contributed by atoms with Gasteiger partial charge < -0.3 is 9.47 Å². The summed E-state index contributed by atoms with van der Waals surface area (Å²) in [7, 11) is 0. The van der Waals surface area contributed by atoms with Crippen LogP contribution >= 0.6 is 0 Å².